The highest BCUT2D eigenvalue weighted by Crippen LogP contribution is 2.28. The number of nitrogens with zero attached hydrogens (tertiary/aromatic N) is 1. The monoisotopic (exact) mass is 284 g/mol. The van der Waals surface area contributed by atoms with Crippen molar-refractivity contribution >= 4 is 5.91 Å². The van der Waals surface area contributed by atoms with Crippen molar-refractivity contribution in [3.63, 3.8) is 0 Å². The van der Waals surface area contributed by atoms with Gasteiger partial charge < -0.3 is 5.32 Å². The number of nitriles is 1. The van der Waals surface area contributed by atoms with E-state index in [2.05, 4.69) is 25.2 Å². The van der Waals surface area contributed by atoms with E-state index in [0.717, 1.165) is 30.7 Å². The van der Waals surface area contributed by atoms with Crippen molar-refractivity contribution in [2.24, 2.45) is 17.8 Å². The van der Waals surface area contributed by atoms with E-state index in [1.54, 1.807) is 0 Å². The fourth-order valence-corrected chi connectivity index (χ4v) is 3.21. The van der Waals surface area contributed by atoms with Crippen molar-refractivity contribution in [2.45, 2.75) is 45.6 Å². The van der Waals surface area contributed by atoms with Gasteiger partial charge in [-0.25, -0.2) is 0 Å². The first-order valence-corrected chi connectivity index (χ1v) is 7.84. The van der Waals surface area contributed by atoms with Crippen molar-refractivity contribution in [3.8, 4) is 6.07 Å². The summed E-state index contributed by atoms with van der Waals surface area (Å²) in [6.07, 6.45) is 3.82. The number of benzene rings is 1. The van der Waals surface area contributed by atoms with Crippen molar-refractivity contribution < 1.29 is 4.79 Å². The quantitative estimate of drug-likeness (QED) is 0.922. The molecular formula is C18H24N2O. The molecule has 1 aromatic rings. The summed E-state index contributed by atoms with van der Waals surface area (Å²) >= 11 is 0. The highest BCUT2D eigenvalue weighted by atomic mass is 16.1. The van der Waals surface area contributed by atoms with Crippen LogP contribution in [0.5, 0.6) is 0 Å². The maximum Gasteiger partial charge on any atom is 0.237 e. The second-order valence-electron chi connectivity index (χ2n) is 6.38. The molecule has 1 saturated carbocycles. The molecule has 1 aliphatic rings. The Morgan fingerprint density at radius 1 is 1.33 bits per heavy atom. The second kappa shape index (κ2) is 7.26. The molecule has 0 aromatic heterocycles. The molecular weight excluding hydrogens is 260 g/mol. The summed E-state index contributed by atoms with van der Waals surface area (Å²) in [6.45, 7) is 4.46. The normalized spacial score (nSPS) is 26.6. The number of amides is 1. The lowest BCUT2D eigenvalue weighted by molar-refractivity contribution is -0.124. The van der Waals surface area contributed by atoms with Crippen molar-refractivity contribution in [3.05, 3.63) is 35.9 Å². The van der Waals surface area contributed by atoms with Gasteiger partial charge in [-0.3, -0.25) is 4.79 Å². The van der Waals surface area contributed by atoms with E-state index >= 15 is 0 Å². The third-order valence-electron chi connectivity index (χ3n) is 4.51. The maximum atomic E-state index is 12.3. The number of carbonyl (C=O) groups is 1. The number of hydrogen-bond acceptors (Lipinski definition) is 2. The molecule has 0 aliphatic heterocycles. The van der Waals surface area contributed by atoms with Gasteiger partial charge in [-0.1, -0.05) is 44.2 Å². The molecule has 0 spiro atoms. The molecule has 2 rings (SSSR count). The van der Waals surface area contributed by atoms with Gasteiger partial charge in [0.2, 0.25) is 5.91 Å². The van der Waals surface area contributed by atoms with Crippen molar-refractivity contribution in [1.82, 2.24) is 5.32 Å². The molecule has 0 radical (unpaired) electrons. The van der Waals surface area contributed by atoms with Crippen LogP contribution in [0.3, 0.4) is 0 Å². The number of rotatable bonds is 4. The van der Waals surface area contributed by atoms with E-state index in [1.165, 1.54) is 0 Å². The molecule has 3 heteroatoms. The SMILES string of the molecule is CC1CCC(NC(=O)C(C#N)Cc2ccccc2)C(C)C1. The molecule has 1 aromatic carbocycles. The Labute approximate surface area is 127 Å². The number of nitrogens with one attached hydrogen (secondary N) is 1. The Bertz CT molecular complexity index is 506. The Kier molecular flexibility index (Phi) is 5.38. The zero-order valence-corrected chi connectivity index (χ0v) is 12.9. The van der Waals surface area contributed by atoms with E-state index in [1.807, 2.05) is 30.3 Å². The van der Waals surface area contributed by atoms with Crippen LogP contribution in [0.1, 0.15) is 38.7 Å². The fraction of sp³-hybridized carbons (Fsp3) is 0.556. The summed E-state index contributed by atoms with van der Waals surface area (Å²) in [4.78, 5) is 12.3. The average Bonchev–Trinajstić information content (AvgIpc) is 2.48. The minimum atomic E-state index is -0.598. The Balaban J connectivity index is 1.93. The van der Waals surface area contributed by atoms with Gasteiger partial charge in [-0.15, -0.1) is 0 Å². The van der Waals surface area contributed by atoms with Gasteiger partial charge in [0.1, 0.15) is 5.92 Å². The minimum absolute atomic E-state index is 0.118. The first kappa shape index (κ1) is 15.6. The van der Waals surface area contributed by atoms with Crippen LogP contribution in [0.2, 0.25) is 0 Å². The maximum absolute atomic E-state index is 12.3. The Morgan fingerprint density at radius 2 is 2.05 bits per heavy atom. The van der Waals surface area contributed by atoms with Crippen LogP contribution < -0.4 is 5.32 Å². The number of carbonyl (C=O) groups excluding carboxylic acids is 1. The van der Waals surface area contributed by atoms with Gasteiger partial charge in [-0.2, -0.15) is 5.26 Å². The highest BCUT2D eigenvalue weighted by Gasteiger charge is 2.28. The predicted molar refractivity (Wildman–Crippen MR) is 83.4 cm³/mol. The van der Waals surface area contributed by atoms with Crippen molar-refractivity contribution in [2.75, 3.05) is 0 Å². The first-order chi connectivity index (χ1) is 10.1. The molecule has 0 heterocycles. The smallest absolute Gasteiger partial charge is 0.237 e. The summed E-state index contributed by atoms with van der Waals surface area (Å²) in [7, 11) is 0. The Morgan fingerprint density at radius 3 is 2.67 bits per heavy atom. The van der Waals surface area contributed by atoms with E-state index < -0.39 is 5.92 Å². The van der Waals surface area contributed by atoms with Crippen molar-refractivity contribution in [1.29, 1.82) is 5.26 Å². The summed E-state index contributed by atoms with van der Waals surface area (Å²) < 4.78 is 0. The third-order valence-corrected chi connectivity index (χ3v) is 4.51. The van der Waals surface area contributed by atoms with Gasteiger partial charge in [0.15, 0.2) is 0 Å². The molecule has 1 fully saturated rings. The molecule has 21 heavy (non-hydrogen) atoms. The van der Waals surface area contributed by atoms with Gasteiger partial charge in [0, 0.05) is 6.04 Å². The van der Waals surface area contributed by atoms with Crippen LogP contribution in [-0.2, 0) is 11.2 Å². The molecule has 3 nitrogen and oxygen atoms in total. The predicted octanol–water partition coefficient (Wildman–Crippen LogP) is 3.31. The van der Waals surface area contributed by atoms with Gasteiger partial charge in [0.25, 0.3) is 0 Å². The standard InChI is InChI=1S/C18H24N2O/c1-13-8-9-17(14(2)10-13)20-18(21)16(12-19)11-15-6-4-3-5-7-15/h3-7,13-14,16-17H,8-11H2,1-2H3,(H,20,21). The fourth-order valence-electron chi connectivity index (χ4n) is 3.21. The molecule has 1 amide bonds. The lowest BCUT2D eigenvalue weighted by Gasteiger charge is -2.33. The highest BCUT2D eigenvalue weighted by molar-refractivity contribution is 5.81. The molecule has 1 N–H and O–H groups in total. The summed E-state index contributed by atoms with van der Waals surface area (Å²) in [6, 6.07) is 12.1. The summed E-state index contributed by atoms with van der Waals surface area (Å²) in [5, 5.41) is 12.4. The van der Waals surface area contributed by atoms with Gasteiger partial charge in [0.05, 0.1) is 6.07 Å². The average molecular weight is 284 g/mol. The van der Waals surface area contributed by atoms with E-state index in [4.69, 9.17) is 0 Å². The van der Waals surface area contributed by atoms with Crippen LogP contribution in [-0.4, -0.2) is 11.9 Å². The molecule has 4 atom stereocenters. The lowest BCUT2D eigenvalue weighted by Crippen LogP contribution is -2.45. The van der Waals surface area contributed by atoms with Crippen LogP contribution in [0.15, 0.2) is 30.3 Å². The lowest BCUT2D eigenvalue weighted by atomic mass is 9.79. The van der Waals surface area contributed by atoms with Gasteiger partial charge in [-0.05, 0) is 43.1 Å². The second-order valence-corrected chi connectivity index (χ2v) is 6.38. The zero-order valence-electron chi connectivity index (χ0n) is 12.9. The number of hydrogen-bond donors (Lipinski definition) is 1. The minimum Gasteiger partial charge on any atom is -0.352 e. The molecule has 4 unspecified atom stereocenters. The largest absolute Gasteiger partial charge is 0.352 e. The molecule has 0 bridgehead atoms. The Hall–Kier alpha value is -1.82. The summed E-state index contributed by atoms with van der Waals surface area (Å²) in [5.74, 6) is 0.518. The third kappa shape index (κ3) is 4.32. The van der Waals surface area contributed by atoms with Crippen LogP contribution in [0.4, 0.5) is 0 Å². The van der Waals surface area contributed by atoms with E-state index in [-0.39, 0.29) is 11.9 Å². The van der Waals surface area contributed by atoms with E-state index in [0.29, 0.717) is 12.3 Å². The topological polar surface area (TPSA) is 52.9 Å². The molecule has 112 valence electrons. The van der Waals surface area contributed by atoms with E-state index in [9.17, 15) is 10.1 Å². The first-order valence-electron chi connectivity index (χ1n) is 7.84. The summed E-state index contributed by atoms with van der Waals surface area (Å²) in [5.41, 5.74) is 1.03. The molecule has 0 saturated heterocycles. The van der Waals surface area contributed by atoms with Crippen LogP contribution >= 0.6 is 0 Å². The van der Waals surface area contributed by atoms with Gasteiger partial charge >= 0.3 is 0 Å². The zero-order chi connectivity index (χ0) is 15.2. The van der Waals surface area contributed by atoms with Crippen LogP contribution in [0, 0.1) is 29.1 Å². The van der Waals surface area contributed by atoms with Crippen LogP contribution in [0.25, 0.3) is 0 Å². The molecule has 1 aliphatic carbocycles.